The van der Waals surface area contributed by atoms with Crippen molar-refractivity contribution < 1.29 is 21.6 Å². The zero-order valence-electron chi connectivity index (χ0n) is 19.0. The Morgan fingerprint density at radius 2 is 1.77 bits per heavy atom. The van der Waals surface area contributed by atoms with Crippen LogP contribution in [0.15, 0.2) is 42.5 Å². The quantitative estimate of drug-likeness (QED) is 0.428. The van der Waals surface area contributed by atoms with Gasteiger partial charge in [0.1, 0.15) is 5.82 Å². The van der Waals surface area contributed by atoms with Crippen molar-refractivity contribution in [1.29, 1.82) is 5.26 Å². The number of nitrogens with zero attached hydrogens (tertiary/aromatic N) is 4. The molecule has 6 nitrogen and oxygen atoms in total. The van der Waals surface area contributed by atoms with Gasteiger partial charge >= 0.3 is 15.5 Å². The van der Waals surface area contributed by atoms with Crippen LogP contribution in [0, 0.1) is 17.2 Å². The number of imidazole rings is 1. The Kier molecular flexibility index (Phi) is 7.13. The molecule has 35 heavy (non-hydrogen) atoms. The van der Waals surface area contributed by atoms with Gasteiger partial charge in [-0.1, -0.05) is 36.7 Å². The highest BCUT2D eigenvalue weighted by Gasteiger charge is 2.50. The number of alkyl halides is 3. The van der Waals surface area contributed by atoms with Crippen molar-refractivity contribution in [3.8, 4) is 6.07 Å². The maximum Gasteiger partial charge on any atom is 0.511 e. The van der Waals surface area contributed by atoms with Gasteiger partial charge in [-0.05, 0) is 54.2 Å². The first-order chi connectivity index (χ1) is 16.5. The molecule has 186 valence electrons. The number of sulfonamides is 1. The molecule has 1 atom stereocenters. The summed E-state index contributed by atoms with van der Waals surface area (Å²) in [5.74, 6) is 0.340. The standard InChI is InChI=1S/C24H24ClF3N4O2S/c1-2-23-30-21-8-5-18(20(14-29)17-3-6-19(25)7-4-17)13-22(21)32(23)15-16-9-11-31(12-10-16)35(33,34)24(26,27)28/h3-8,13,16,20H,2,9-12,15H2,1H3. The highest BCUT2D eigenvalue weighted by molar-refractivity contribution is 7.90. The monoisotopic (exact) mass is 524 g/mol. The lowest BCUT2D eigenvalue weighted by Crippen LogP contribution is -2.45. The number of piperidine rings is 1. The predicted molar refractivity (Wildman–Crippen MR) is 127 cm³/mol. The van der Waals surface area contributed by atoms with Crippen LogP contribution in [-0.4, -0.2) is 40.9 Å². The van der Waals surface area contributed by atoms with Crippen molar-refractivity contribution in [2.75, 3.05) is 13.1 Å². The number of rotatable bonds is 6. The van der Waals surface area contributed by atoms with E-state index in [-0.39, 0.29) is 19.0 Å². The summed E-state index contributed by atoms with van der Waals surface area (Å²) in [6.45, 7) is 2.15. The molecule has 4 rings (SSSR count). The highest BCUT2D eigenvalue weighted by Crippen LogP contribution is 2.33. The van der Waals surface area contributed by atoms with Gasteiger partial charge in [0.05, 0.1) is 23.0 Å². The number of hydrogen-bond acceptors (Lipinski definition) is 4. The predicted octanol–water partition coefficient (Wildman–Crippen LogP) is 5.47. The molecule has 3 aromatic rings. The van der Waals surface area contributed by atoms with Crippen molar-refractivity contribution in [1.82, 2.24) is 13.9 Å². The molecule has 2 aromatic carbocycles. The summed E-state index contributed by atoms with van der Waals surface area (Å²) < 4.78 is 64.7. The van der Waals surface area contributed by atoms with Gasteiger partial charge in [-0.15, -0.1) is 0 Å². The van der Waals surface area contributed by atoms with E-state index in [0.717, 1.165) is 28.0 Å². The summed E-state index contributed by atoms with van der Waals surface area (Å²) in [6, 6.07) is 15.1. The Bertz CT molecular complexity index is 1360. The van der Waals surface area contributed by atoms with E-state index < -0.39 is 21.4 Å². The molecule has 1 aliphatic rings. The van der Waals surface area contributed by atoms with Gasteiger partial charge in [-0.3, -0.25) is 0 Å². The summed E-state index contributed by atoms with van der Waals surface area (Å²) in [4.78, 5) is 4.70. The van der Waals surface area contributed by atoms with Gasteiger partial charge in [0.15, 0.2) is 0 Å². The van der Waals surface area contributed by atoms with Gasteiger partial charge in [-0.25, -0.2) is 13.4 Å². The van der Waals surface area contributed by atoms with Crippen LogP contribution in [0.25, 0.3) is 11.0 Å². The molecular formula is C24H24ClF3N4O2S. The minimum atomic E-state index is -5.30. The van der Waals surface area contributed by atoms with Crippen molar-refractivity contribution in [3.63, 3.8) is 0 Å². The number of aromatic nitrogens is 2. The Morgan fingerprint density at radius 3 is 2.34 bits per heavy atom. The van der Waals surface area contributed by atoms with Gasteiger partial charge in [0.25, 0.3) is 0 Å². The van der Waals surface area contributed by atoms with E-state index in [4.69, 9.17) is 16.6 Å². The molecule has 1 aliphatic heterocycles. The van der Waals surface area contributed by atoms with Crippen LogP contribution in [0.1, 0.15) is 42.6 Å². The smallest absolute Gasteiger partial charge is 0.328 e. The maximum absolute atomic E-state index is 12.9. The highest BCUT2D eigenvalue weighted by atomic mass is 35.5. The molecule has 11 heteroatoms. The first kappa shape index (κ1) is 25.5. The molecule has 0 amide bonds. The van der Waals surface area contributed by atoms with Crippen molar-refractivity contribution in [3.05, 3.63) is 64.4 Å². The Labute approximate surface area is 207 Å². The fraction of sp³-hybridized carbons (Fsp3) is 0.417. The van der Waals surface area contributed by atoms with Crippen LogP contribution in [0.4, 0.5) is 13.2 Å². The van der Waals surface area contributed by atoms with E-state index in [1.165, 1.54) is 0 Å². The van der Waals surface area contributed by atoms with Gasteiger partial charge in [0, 0.05) is 31.1 Å². The molecule has 0 bridgehead atoms. The summed E-state index contributed by atoms with van der Waals surface area (Å²) in [6.07, 6.45) is 1.30. The number of nitriles is 1. The van der Waals surface area contributed by atoms with Crippen LogP contribution in [0.5, 0.6) is 0 Å². The fourth-order valence-electron chi connectivity index (χ4n) is 4.58. The van der Waals surface area contributed by atoms with E-state index in [0.29, 0.717) is 35.1 Å². The van der Waals surface area contributed by atoms with Crippen LogP contribution < -0.4 is 0 Å². The first-order valence-corrected chi connectivity index (χ1v) is 13.1. The topological polar surface area (TPSA) is 79.0 Å². The molecule has 0 aliphatic carbocycles. The third-order valence-electron chi connectivity index (χ3n) is 6.48. The number of fused-ring (bicyclic) bond motifs is 1. The van der Waals surface area contributed by atoms with Crippen LogP contribution in [0.2, 0.25) is 5.02 Å². The first-order valence-electron chi connectivity index (χ1n) is 11.3. The molecule has 0 spiro atoms. The molecule has 0 N–H and O–H groups in total. The normalized spacial score (nSPS) is 16.9. The number of hydrogen-bond donors (Lipinski definition) is 0. The molecular weight excluding hydrogens is 501 g/mol. The average molecular weight is 525 g/mol. The molecule has 1 saturated heterocycles. The average Bonchev–Trinajstić information content (AvgIpc) is 3.17. The lowest BCUT2D eigenvalue weighted by molar-refractivity contribution is -0.0497. The van der Waals surface area contributed by atoms with E-state index in [2.05, 4.69) is 6.07 Å². The van der Waals surface area contributed by atoms with Crippen molar-refractivity contribution in [2.24, 2.45) is 5.92 Å². The molecule has 1 fully saturated rings. The zero-order valence-corrected chi connectivity index (χ0v) is 20.5. The van der Waals surface area contributed by atoms with Gasteiger partial charge < -0.3 is 4.57 Å². The number of halogens is 4. The van der Waals surface area contributed by atoms with Crippen molar-refractivity contribution in [2.45, 2.75) is 44.2 Å². The molecule has 0 saturated carbocycles. The van der Waals surface area contributed by atoms with E-state index in [1.807, 2.05) is 41.8 Å². The third kappa shape index (κ3) is 5.03. The SMILES string of the molecule is CCc1nc2ccc(C(C#N)c3ccc(Cl)cc3)cc2n1CC1CCN(S(=O)(=O)C(F)(F)F)CC1. The summed E-state index contributed by atoms with van der Waals surface area (Å²) in [5.41, 5.74) is -2.05. The molecule has 1 aromatic heterocycles. The summed E-state index contributed by atoms with van der Waals surface area (Å²) in [5, 5.41) is 10.4. The molecule has 0 radical (unpaired) electrons. The number of aryl methyl sites for hydroxylation is 1. The maximum atomic E-state index is 12.9. The third-order valence-corrected chi connectivity index (χ3v) is 8.36. The summed E-state index contributed by atoms with van der Waals surface area (Å²) in [7, 11) is -5.30. The fourth-order valence-corrected chi connectivity index (χ4v) is 5.69. The van der Waals surface area contributed by atoms with Crippen LogP contribution in [0.3, 0.4) is 0 Å². The van der Waals surface area contributed by atoms with E-state index >= 15 is 0 Å². The minimum absolute atomic E-state index is 0.00377. The van der Waals surface area contributed by atoms with E-state index in [1.54, 1.807) is 12.1 Å². The lowest BCUT2D eigenvalue weighted by Gasteiger charge is -2.32. The number of benzene rings is 2. The second-order valence-corrected chi connectivity index (χ2v) is 11.0. The largest absolute Gasteiger partial charge is 0.511 e. The molecule has 2 heterocycles. The van der Waals surface area contributed by atoms with Crippen molar-refractivity contribution >= 4 is 32.7 Å². The molecule has 1 unspecified atom stereocenters. The lowest BCUT2D eigenvalue weighted by atomic mass is 9.92. The Balaban J connectivity index is 1.60. The second kappa shape index (κ2) is 9.80. The van der Waals surface area contributed by atoms with E-state index in [9.17, 15) is 26.9 Å². The summed E-state index contributed by atoms with van der Waals surface area (Å²) >= 11 is 5.99. The van der Waals surface area contributed by atoms with Crippen LogP contribution in [-0.2, 0) is 23.0 Å². The Hall–Kier alpha value is -2.61. The second-order valence-electron chi connectivity index (χ2n) is 8.65. The Morgan fingerprint density at radius 1 is 1.14 bits per heavy atom. The minimum Gasteiger partial charge on any atom is -0.328 e. The van der Waals surface area contributed by atoms with Crippen LogP contribution >= 0.6 is 11.6 Å². The zero-order chi connectivity index (χ0) is 25.4. The van der Waals surface area contributed by atoms with Gasteiger partial charge in [0.2, 0.25) is 0 Å². The van der Waals surface area contributed by atoms with Gasteiger partial charge in [-0.2, -0.15) is 22.7 Å².